The minimum absolute atomic E-state index is 0.309. The first-order valence-electron chi connectivity index (χ1n) is 12.5. The van der Waals surface area contributed by atoms with Crippen molar-refractivity contribution in [3.05, 3.63) is 59.7 Å². The molecule has 1 fully saturated rings. The third kappa shape index (κ3) is 5.73. The summed E-state index contributed by atoms with van der Waals surface area (Å²) in [5.74, 6) is 0.0198. The molecule has 2 amide bonds. The van der Waals surface area contributed by atoms with Gasteiger partial charge >= 0.3 is 0 Å². The summed E-state index contributed by atoms with van der Waals surface area (Å²) in [5.41, 5.74) is 2.97. The summed E-state index contributed by atoms with van der Waals surface area (Å²) in [7, 11) is 3.31. The molecule has 1 aliphatic carbocycles. The molecular formula is C28H35N3O4. The van der Waals surface area contributed by atoms with E-state index in [0.717, 1.165) is 48.2 Å². The molecule has 2 aromatic carbocycles. The minimum Gasteiger partial charge on any atom is -0.497 e. The maximum atomic E-state index is 13.4. The Balaban J connectivity index is 1.67. The van der Waals surface area contributed by atoms with Crippen LogP contribution in [0, 0.1) is 11.8 Å². The third-order valence-corrected chi connectivity index (χ3v) is 6.92. The summed E-state index contributed by atoms with van der Waals surface area (Å²) < 4.78 is 5.29. The second-order valence-corrected chi connectivity index (χ2v) is 9.53. The second-order valence-electron chi connectivity index (χ2n) is 9.53. The summed E-state index contributed by atoms with van der Waals surface area (Å²) in [4.78, 5) is 33.2. The van der Waals surface area contributed by atoms with Crippen LogP contribution in [0.15, 0.2) is 53.5 Å². The van der Waals surface area contributed by atoms with Crippen LogP contribution >= 0.6 is 0 Å². The number of hydrogen-bond acceptors (Lipinski definition) is 5. The molecule has 0 saturated heterocycles. The van der Waals surface area contributed by atoms with Crippen molar-refractivity contribution < 1.29 is 19.4 Å². The number of anilines is 1. The van der Waals surface area contributed by atoms with Crippen LogP contribution in [0.25, 0.3) is 0 Å². The molecule has 2 aliphatic rings. The van der Waals surface area contributed by atoms with Gasteiger partial charge < -0.3 is 20.1 Å². The lowest BCUT2D eigenvalue weighted by Crippen LogP contribution is -2.49. The van der Waals surface area contributed by atoms with Crippen LogP contribution in [-0.2, 0) is 9.59 Å². The summed E-state index contributed by atoms with van der Waals surface area (Å²) >= 11 is 0. The average Bonchev–Trinajstić information content (AvgIpc) is 3.72. The van der Waals surface area contributed by atoms with Gasteiger partial charge in [-0.25, -0.2) is 4.99 Å². The lowest BCUT2D eigenvalue weighted by Gasteiger charge is -2.25. The predicted molar refractivity (Wildman–Crippen MR) is 137 cm³/mol. The molecule has 0 bridgehead atoms. The van der Waals surface area contributed by atoms with Gasteiger partial charge in [-0.2, -0.15) is 0 Å². The van der Waals surface area contributed by atoms with E-state index in [9.17, 15) is 14.7 Å². The molecule has 2 N–H and O–H groups in total. The van der Waals surface area contributed by atoms with E-state index in [-0.39, 0.29) is 11.8 Å². The molecule has 0 spiro atoms. The summed E-state index contributed by atoms with van der Waals surface area (Å²) in [6.07, 6.45) is 3.39. The normalized spacial score (nSPS) is 19.3. The molecule has 3 unspecified atom stereocenters. The van der Waals surface area contributed by atoms with Crippen LogP contribution in [0.2, 0.25) is 0 Å². The Morgan fingerprint density at radius 2 is 1.91 bits per heavy atom. The highest BCUT2D eigenvalue weighted by Gasteiger charge is 2.37. The molecule has 0 aromatic heterocycles. The molecule has 2 aromatic rings. The number of rotatable bonds is 10. The van der Waals surface area contributed by atoms with Gasteiger partial charge in [0.25, 0.3) is 5.91 Å². The van der Waals surface area contributed by atoms with Gasteiger partial charge in [-0.05, 0) is 49.1 Å². The molecule has 7 heteroatoms. The first-order chi connectivity index (χ1) is 16.9. The molecule has 35 heavy (non-hydrogen) atoms. The Hall–Kier alpha value is -3.19. The number of nitrogens with zero attached hydrogens (tertiary/aromatic N) is 2. The van der Waals surface area contributed by atoms with E-state index in [1.807, 2.05) is 48.5 Å². The molecule has 1 saturated carbocycles. The molecular weight excluding hydrogens is 442 g/mol. The van der Waals surface area contributed by atoms with Crippen molar-refractivity contribution in [3.8, 4) is 5.75 Å². The molecule has 7 nitrogen and oxygen atoms in total. The fraction of sp³-hybridized carbons (Fsp3) is 0.464. The molecule has 0 radical (unpaired) electrons. The number of fused-ring (bicyclic) bond motifs is 1. The number of para-hydroxylation sites is 1. The molecule has 1 heterocycles. The average molecular weight is 478 g/mol. The van der Waals surface area contributed by atoms with E-state index in [2.05, 4.69) is 12.2 Å². The highest BCUT2D eigenvalue weighted by atomic mass is 16.5. The van der Waals surface area contributed by atoms with Gasteiger partial charge in [-0.15, -0.1) is 0 Å². The first-order valence-corrected chi connectivity index (χ1v) is 12.5. The van der Waals surface area contributed by atoms with Gasteiger partial charge in [0.05, 0.1) is 30.5 Å². The van der Waals surface area contributed by atoms with Gasteiger partial charge in [-0.1, -0.05) is 50.8 Å². The zero-order valence-electron chi connectivity index (χ0n) is 20.7. The molecule has 3 atom stereocenters. The summed E-state index contributed by atoms with van der Waals surface area (Å²) in [6.45, 7) is 2.07. The van der Waals surface area contributed by atoms with Crippen LogP contribution < -0.4 is 15.0 Å². The second kappa shape index (κ2) is 11.0. The minimum atomic E-state index is -1.09. The number of ether oxygens (including phenoxy) is 1. The number of aliphatic hydroxyl groups is 1. The molecule has 186 valence electrons. The van der Waals surface area contributed by atoms with Crippen molar-refractivity contribution in [1.29, 1.82) is 0 Å². The number of aliphatic imine (C=N–C) groups is 1. The molecule has 1 aliphatic heterocycles. The number of hydrogen-bond donors (Lipinski definition) is 2. The van der Waals surface area contributed by atoms with Gasteiger partial charge in [0, 0.05) is 18.2 Å². The van der Waals surface area contributed by atoms with Gasteiger partial charge in [0.2, 0.25) is 12.1 Å². The smallest absolute Gasteiger partial charge is 0.272 e. The number of likely N-dealkylation sites (N-methyl/N-ethyl adjacent to an activating group) is 1. The van der Waals surface area contributed by atoms with Crippen molar-refractivity contribution in [2.24, 2.45) is 16.8 Å². The van der Waals surface area contributed by atoms with E-state index in [1.54, 1.807) is 19.1 Å². The number of methoxy groups -OCH3 is 1. The fourth-order valence-corrected chi connectivity index (χ4v) is 4.60. The topological polar surface area (TPSA) is 91.2 Å². The number of benzodiazepines with no additional fused rings is 1. The number of benzene rings is 2. The van der Waals surface area contributed by atoms with Crippen LogP contribution in [0.1, 0.15) is 56.6 Å². The Morgan fingerprint density at radius 3 is 2.57 bits per heavy atom. The highest BCUT2D eigenvalue weighted by molar-refractivity contribution is 6.20. The van der Waals surface area contributed by atoms with E-state index in [1.165, 1.54) is 0 Å². The maximum Gasteiger partial charge on any atom is 0.272 e. The van der Waals surface area contributed by atoms with Crippen LogP contribution in [-0.4, -0.2) is 49.1 Å². The summed E-state index contributed by atoms with van der Waals surface area (Å²) in [6, 6.07) is 15.1. The number of unbranched alkanes of at least 4 members (excludes halogenated alkanes) is 1. The Labute approximate surface area is 207 Å². The van der Waals surface area contributed by atoms with E-state index in [4.69, 9.17) is 9.73 Å². The van der Waals surface area contributed by atoms with E-state index < -0.39 is 18.2 Å². The van der Waals surface area contributed by atoms with Crippen molar-refractivity contribution in [3.63, 3.8) is 0 Å². The van der Waals surface area contributed by atoms with E-state index in [0.29, 0.717) is 24.5 Å². The Bertz CT molecular complexity index is 1080. The number of nitrogens with one attached hydrogen (secondary N) is 1. The molecule has 4 rings (SSSR count). The monoisotopic (exact) mass is 477 g/mol. The zero-order valence-corrected chi connectivity index (χ0v) is 20.7. The van der Waals surface area contributed by atoms with Gasteiger partial charge in [-0.3, -0.25) is 9.59 Å². The predicted octanol–water partition coefficient (Wildman–Crippen LogP) is 3.92. The standard InChI is InChI=1S/C28H35N3O4/c1-4-5-10-24(32)22(17-18-11-12-18)27(33)30-26-28(34)31(2)23-9-7-6-8-21(23)25(29-26)19-13-15-20(35-3)16-14-19/h6-9,13-16,18,22,24,26,32H,4-5,10-12,17H2,1-3H3,(H,30,33). The fourth-order valence-electron chi connectivity index (χ4n) is 4.60. The largest absolute Gasteiger partial charge is 0.497 e. The number of carbonyl (C=O) groups excluding carboxylic acids is 2. The highest BCUT2D eigenvalue weighted by Crippen LogP contribution is 2.37. The lowest BCUT2D eigenvalue weighted by atomic mass is 9.91. The maximum absolute atomic E-state index is 13.4. The number of carbonyl (C=O) groups is 2. The number of amides is 2. The Morgan fingerprint density at radius 1 is 1.20 bits per heavy atom. The van der Waals surface area contributed by atoms with Gasteiger partial charge in [0.15, 0.2) is 0 Å². The van der Waals surface area contributed by atoms with E-state index >= 15 is 0 Å². The first kappa shape index (κ1) is 24.9. The third-order valence-electron chi connectivity index (χ3n) is 6.92. The zero-order chi connectivity index (χ0) is 24.9. The van der Waals surface area contributed by atoms with Crippen LogP contribution in [0.4, 0.5) is 5.69 Å². The Kier molecular flexibility index (Phi) is 7.86. The van der Waals surface area contributed by atoms with Crippen molar-refractivity contribution in [2.75, 3.05) is 19.1 Å². The SMILES string of the molecule is CCCCC(O)C(CC1CC1)C(=O)NC1N=C(c2ccc(OC)cc2)c2ccccc2N(C)C1=O. The summed E-state index contributed by atoms with van der Waals surface area (Å²) in [5, 5.41) is 13.7. The van der Waals surface area contributed by atoms with Crippen molar-refractivity contribution in [1.82, 2.24) is 5.32 Å². The van der Waals surface area contributed by atoms with Gasteiger partial charge in [0.1, 0.15) is 5.75 Å². The number of aliphatic hydroxyl groups excluding tert-OH is 1. The van der Waals surface area contributed by atoms with Crippen LogP contribution in [0.5, 0.6) is 5.75 Å². The lowest BCUT2D eigenvalue weighted by molar-refractivity contribution is -0.133. The quantitative estimate of drug-likeness (QED) is 0.543. The van der Waals surface area contributed by atoms with Crippen LogP contribution in [0.3, 0.4) is 0 Å². The van der Waals surface area contributed by atoms with Crippen molar-refractivity contribution >= 4 is 23.2 Å². The van der Waals surface area contributed by atoms with Crippen molar-refractivity contribution in [2.45, 2.75) is 57.7 Å².